The maximum Gasteiger partial charge on any atom is 0.337 e. The van der Waals surface area contributed by atoms with Crippen LogP contribution in [0.2, 0.25) is 0 Å². The normalized spacial score (nSPS) is 12.3. The van der Waals surface area contributed by atoms with E-state index < -0.39 is 20.1 Å². The van der Waals surface area contributed by atoms with E-state index in [1.807, 2.05) is 0 Å². The van der Waals surface area contributed by atoms with Gasteiger partial charge in [-0.3, -0.25) is 4.98 Å². The number of carbonyl (C=O) groups excluding carboxylic acids is 1. The molecule has 1 unspecified atom stereocenters. The van der Waals surface area contributed by atoms with Gasteiger partial charge < -0.3 is 5.11 Å². The maximum atomic E-state index is 11.4. The molecule has 1 heterocycles. The number of carboxylic acids is 1. The molecule has 0 radical (unpaired) electrons. The van der Waals surface area contributed by atoms with Gasteiger partial charge in [0, 0.05) is 16.9 Å². The Kier molecular flexibility index (Phi) is 8.00. The van der Waals surface area contributed by atoms with Gasteiger partial charge in [0.2, 0.25) is 0 Å². The number of amides is 1. The van der Waals surface area contributed by atoms with E-state index in [0.29, 0.717) is 4.47 Å². The average molecular weight is 477 g/mol. The Labute approximate surface area is 153 Å². The SMILES string of the molecule is CC(=O)Nc1ccccc1[As](=O)(O)OO.O=C(O)c1cncc(Br)c1. The molecule has 11 heteroatoms. The average Bonchev–Trinajstić information content (AvgIpc) is 2.55. The molecule has 1 aromatic carbocycles. The summed E-state index contributed by atoms with van der Waals surface area (Å²) in [6.07, 6.45) is 2.83. The van der Waals surface area contributed by atoms with E-state index in [4.69, 9.17) is 10.4 Å². The number of hydrogen-bond acceptors (Lipinski definition) is 6. The monoisotopic (exact) mass is 476 g/mol. The van der Waals surface area contributed by atoms with Gasteiger partial charge in [0.1, 0.15) is 0 Å². The quantitative estimate of drug-likeness (QED) is 0.293. The third kappa shape index (κ3) is 6.81. The molecule has 0 saturated carbocycles. The van der Waals surface area contributed by atoms with Gasteiger partial charge in [-0.05, 0) is 22.0 Å². The Bertz CT molecular complexity index is 815. The number of nitrogens with one attached hydrogen (secondary N) is 1. The minimum atomic E-state index is -4.92. The van der Waals surface area contributed by atoms with Crippen molar-refractivity contribution in [3.8, 4) is 0 Å². The second kappa shape index (κ2) is 9.50. The fourth-order valence-corrected chi connectivity index (χ4v) is 3.63. The number of rotatable bonds is 4. The Morgan fingerprint density at radius 2 is 1.92 bits per heavy atom. The van der Waals surface area contributed by atoms with Crippen LogP contribution in [0.4, 0.5) is 5.69 Å². The summed E-state index contributed by atoms with van der Waals surface area (Å²) in [6, 6.07) is 7.34. The van der Waals surface area contributed by atoms with Gasteiger partial charge in [-0.15, -0.1) is 0 Å². The van der Waals surface area contributed by atoms with Gasteiger partial charge >= 0.3 is 94.4 Å². The molecular formula is C14H14AsBrN2O7. The molecule has 2 aromatic rings. The number of anilines is 1. The molecule has 0 saturated heterocycles. The van der Waals surface area contributed by atoms with Crippen LogP contribution < -0.4 is 9.67 Å². The molecule has 1 amide bonds. The number of carboxylic acid groups (broad SMARTS) is 1. The molecule has 0 aliphatic rings. The fourth-order valence-electron chi connectivity index (χ4n) is 1.59. The van der Waals surface area contributed by atoms with Crippen molar-refractivity contribution in [1.82, 2.24) is 4.98 Å². The summed E-state index contributed by atoms with van der Waals surface area (Å²) in [7, 11) is 0. The van der Waals surface area contributed by atoms with Crippen molar-refractivity contribution in [2.75, 3.05) is 5.32 Å². The van der Waals surface area contributed by atoms with Crippen LogP contribution >= 0.6 is 15.9 Å². The van der Waals surface area contributed by atoms with Crippen molar-refractivity contribution in [2.24, 2.45) is 0 Å². The molecule has 0 bridgehead atoms. The largest absolute Gasteiger partial charge is 0.478 e. The first-order valence-electron chi connectivity index (χ1n) is 6.54. The first kappa shape index (κ1) is 21.1. The first-order chi connectivity index (χ1) is 11.7. The Balaban J connectivity index is 0.000000271. The summed E-state index contributed by atoms with van der Waals surface area (Å²) in [5.74, 6) is -1.34. The minimum absolute atomic E-state index is 0.103. The van der Waals surface area contributed by atoms with Crippen LogP contribution in [-0.2, 0) is 12.4 Å². The number of aromatic nitrogens is 1. The van der Waals surface area contributed by atoms with Gasteiger partial charge in [0.05, 0.1) is 5.56 Å². The molecule has 0 aliphatic heterocycles. The van der Waals surface area contributed by atoms with Crippen LogP contribution in [0.3, 0.4) is 0 Å². The van der Waals surface area contributed by atoms with Crippen LogP contribution in [0.15, 0.2) is 47.2 Å². The summed E-state index contributed by atoms with van der Waals surface area (Å²) >= 11 is -1.82. The molecule has 0 spiro atoms. The van der Waals surface area contributed by atoms with Crippen molar-refractivity contribution in [1.29, 1.82) is 0 Å². The number of carbonyl (C=O) groups is 2. The van der Waals surface area contributed by atoms with Crippen LogP contribution in [-0.4, -0.2) is 45.5 Å². The van der Waals surface area contributed by atoms with Gasteiger partial charge in [0.25, 0.3) is 0 Å². The van der Waals surface area contributed by atoms with Gasteiger partial charge in [-0.25, -0.2) is 4.79 Å². The molecule has 134 valence electrons. The molecule has 2 rings (SSSR count). The minimum Gasteiger partial charge on any atom is -0.478 e. The molecular weight excluding hydrogens is 463 g/mol. The molecule has 9 nitrogen and oxygen atoms in total. The Morgan fingerprint density at radius 1 is 1.28 bits per heavy atom. The van der Waals surface area contributed by atoms with Crippen molar-refractivity contribution in [3.63, 3.8) is 0 Å². The van der Waals surface area contributed by atoms with E-state index in [1.165, 1.54) is 43.6 Å². The Morgan fingerprint density at radius 3 is 2.40 bits per heavy atom. The van der Waals surface area contributed by atoms with Crippen molar-refractivity contribution in [2.45, 2.75) is 6.92 Å². The number of para-hydroxylation sites is 1. The number of aromatic carboxylic acids is 1. The summed E-state index contributed by atoms with van der Waals surface area (Å²) in [6.45, 7) is 1.27. The number of hydrogen-bond donors (Lipinski definition) is 4. The van der Waals surface area contributed by atoms with Crippen molar-refractivity contribution < 1.29 is 31.7 Å². The summed E-state index contributed by atoms with van der Waals surface area (Å²) in [4.78, 5) is 24.8. The molecule has 1 aromatic heterocycles. The number of benzene rings is 1. The summed E-state index contributed by atoms with van der Waals surface area (Å²) < 4.78 is 24.8. The number of halogens is 1. The first-order valence-corrected chi connectivity index (χ1v) is 10.6. The third-order valence-corrected chi connectivity index (χ3v) is 5.58. The zero-order valence-electron chi connectivity index (χ0n) is 12.8. The second-order valence-corrected chi connectivity index (χ2v) is 8.95. The van der Waals surface area contributed by atoms with Gasteiger partial charge in [0.15, 0.2) is 0 Å². The van der Waals surface area contributed by atoms with Crippen LogP contribution in [0.1, 0.15) is 17.3 Å². The van der Waals surface area contributed by atoms with E-state index >= 15 is 0 Å². The molecule has 25 heavy (non-hydrogen) atoms. The number of pyridine rings is 1. The second-order valence-electron chi connectivity index (χ2n) is 4.50. The third-order valence-electron chi connectivity index (χ3n) is 2.58. The summed E-state index contributed by atoms with van der Waals surface area (Å²) in [5.41, 5.74) is 0.346. The topological polar surface area (TPSA) is 146 Å². The van der Waals surface area contributed by atoms with E-state index in [0.717, 1.165) is 0 Å². The van der Waals surface area contributed by atoms with E-state index in [1.54, 1.807) is 6.07 Å². The Hall–Kier alpha value is -1.97. The standard InChI is InChI=1S/C8H10AsNO5.C6H4BrNO2/c1-6(11)10-8-5-3-2-4-7(8)9(12,13)15-14;7-5-1-4(6(9)10)2-8-3-5/h2-5,14H,1H3,(H,10,11)(H,12,13);1-3H,(H,9,10). The van der Waals surface area contributed by atoms with Crippen LogP contribution in [0, 0.1) is 0 Å². The van der Waals surface area contributed by atoms with Gasteiger partial charge in [-0.2, -0.15) is 0 Å². The zero-order valence-corrected chi connectivity index (χ0v) is 16.3. The molecule has 0 fully saturated rings. The predicted molar refractivity (Wildman–Crippen MR) is 91.6 cm³/mol. The van der Waals surface area contributed by atoms with Crippen molar-refractivity contribution >= 4 is 52.0 Å². The predicted octanol–water partition coefficient (Wildman–Crippen LogP) is 1.25. The van der Waals surface area contributed by atoms with Crippen LogP contribution in [0.25, 0.3) is 0 Å². The van der Waals surface area contributed by atoms with Crippen LogP contribution in [0.5, 0.6) is 0 Å². The van der Waals surface area contributed by atoms with Gasteiger partial charge in [-0.1, -0.05) is 0 Å². The van der Waals surface area contributed by atoms with E-state index in [9.17, 15) is 17.4 Å². The van der Waals surface area contributed by atoms with E-state index in [2.05, 4.69) is 30.1 Å². The molecule has 0 aliphatic carbocycles. The molecule has 1 atom stereocenters. The van der Waals surface area contributed by atoms with Crippen molar-refractivity contribution in [3.05, 3.63) is 52.8 Å². The molecule has 4 N–H and O–H groups in total. The smallest absolute Gasteiger partial charge is 0.337 e. The van der Waals surface area contributed by atoms with E-state index in [-0.39, 0.29) is 21.5 Å². The summed E-state index contributed by atoms with van der Waals surface area (Å²) in [5, 5.41) is 19.1. The fraction of sp³-hybridized carbons (Fsp3) is 0.0714. The maximum absolute atomic E-state index is 11.4. The zero-order chi connectivity index (χ0) is 19.0. The number of nitrogens with zero attached hydrogens (tertiary/aromatic N) is 1.